The van der Waals surface area contributed by atoms with Crippen molar-refractivity contribution >= 4 is 23.2 Å². The van der Waals surface area contributed by atoms with E-state index in [1.54, 1.807) is 49.4 Å². The molecule has 5 heteroatoms. The van der Waals surface area contributed by atoms with Crippen LogP contribution < -0.4 is 10.6 Å². The Hall–Kier alpha value is -1.91. The van der Waals surface area contributed by atoms with E-state index in [0.29, 0.717) is 16.3 Å². The van der Waals surface area contributed by atoms with Gasteiger partial charge in [-0.3, -0.25) is 10.1 Å². The fourth-order valence-electron chi connectivity index (χ4n) is 2.15. The van der Waals surface area contributed by atoms with Crippen molar-refractivity contribution in [3.63, 3.8) is 0 Å². The summed E-state index contributed by atoms with van der Waals surface area (Å²) in [5.74, 6) is -0.474. The fraction of sp³-hybridized carbons (Fsp3) is 0.235. The molecular weight excluding hydrogens is 303 g/mol. The Balaban J connectivity index is 1.96. The van der Waals surface area contributed by atoms with E-state index in [-0.39, 0.29) is 17.8 Å². The third-order valence-electron chi connectivity index (χ3n) is 3.38. The Morgan fingerprint density at radius 2 is 1.73 bits per heavy atom. The van der Waals surface area contributed by atoms with E-state index in [9.17, 15) is 9.18 Å². The van der Waals surface area contributed by atoms with Gasteiger partial charge in [0.15, 0.2) is 0 Å². The lowest BCUT2D eigenvalue weighted by atomic mass is 10.1. The molecule has 0 aliphatic heterocycles. The maximum absolute atomic E-state index is 13.7. The van der Waals surface area contributed by atoms with Gasteiger partial charge in [0.05, 0.1) is 6.04 Å². The number of benzene rings is 2. The van der Waals surface area contributed by atoms with Gasteiger partial charge < -0.3 is 5.32 Å². The average molecular weight is 321 g/mol. The van der Waals surface area contributed by atoms with E-state index >= 15 is 0 Å². The number of anilines is 1. The van der Waals surface area contributed by atoms with Crippen molar-refractivity contribution in [2.24, 2.45) is 0 Å². The number of amides is 1. The summed E-state index contributed by atoms with van der Waals surface area (Å²) in [6, 6.07) is 12.7. The number of hydrogen-bond acceptors (Lipinski definition) is 2. The van der Waals surface area contributed by atoms with Gasteiger partial charge in [0.25, 0.3) is 0 Å². The number of rotatable bonds is 5. The van der Waals surface area contributed by atoms with Gasteiger partial charge in [-0.2, -0.15) is 0 Å². The topological polar surface area (TPSA) is 41.1 Å². The molecule has 2 N–H and O–H groups in total. The lowest BCUT2D eigenvalue weighted by Gasteiger charge is -2.20. The fourth-order valence-corrected chi connectivity index (χ4v) is 2.28. The molecule has 0 saturated heterocycles. The molecule has 2 atom stereocenters. The molecule has 2 aromatic rings. The van der Waals surface area contributed by atoms with Crippen molar-refractivity contribution in [3.8, 4) is 0 Å². The van der Waals surface area contributed by atoms with Gasteiger partial charge >= 0.3 is 0 Å². The van der Waals surface area contributed by atoms with Crippen LogP contribution in [0.15, 0.2) is 48.5 Å². The molecule has 2 unspecified atom stereocenters. The number of hydrogen-bond donors (Lipinski definition) is 2. The highest BCUT2D eigenvalue weighted by Crippen LogP contribution is 2.17. The van der Waals surface area contributed by atoms with Crippen molar-refractivity contribution in [1.29, 1.82) is 0 Å². The molecule has 0 aliphatic rings. The highest BCUT2D eigenvalue weighted by Gasteiger charge is 2.18. The third kappa shape index (κ3) is 4.29. The van der Waals surface area contributed by atoms with E-state index in [2.05, 4.69) is 10.6 Å². The minimum absolute atomic E-state index is 0.189. The SMILES string of the molecule is CC(NC(C)c1ccccc1F)C(=O)Nc1ccc(Cl)cc1. The van der Waals surface area contributed by atoms with Crippen LogP contribution in [0.25, 0.3) is 0 Å². The highest BCUT2D eigenvalue weighted by molar-refractivity contribution is 6.30. The van der Waals surface area contributed by atoms with Gasteiger partial charge in [0, 0.05) is 22.3 Å². The second-order valence-electron chi connectivity index (χ2n) is 5.13. The van der Waals surface area contributed by atoms with Crippen LogP contribution in [0.4, 0.5) is 10.1 Å². The van der Waals surface area contributed by atoms with Crippen LogP contribution in [-0.4, -0.2) is 11.9 Å². The molecule has 1 amide bonds. The second-order valence-corrected chi connectivity index (χ2v) is 5.56. The zero-order valence-electron chi connectivity index (χ0n) is 12.4. The Morgan fingerprint density at radius 3 is 2.36 bits per heavy atom. The van der Waals surface area contributed by atoms with E-state index in [4.69, 9.17) is 11.6 Å². The minimum atomic E-state index is -0.467. The predicted molar refractivity (Wildman–Crippen MR) is 87.5 cm³/mol. The van der Waals surface area contributed by atoms with Crippen LogP contribution >= 0.6 is 11.6 Å². The van der Waals surface area contributed by atoms with Crippen molar-refractivity contribution in [2.75, 3.05) is 5.32 Å². The summed E-state index contributed by atoms with van der Waals surface area (Å²) < 4.78 is 13.7. The molecule has 0 saturated carbocycles. The molecule has 0 aromatic heterocycles. The standard InChI is InChI=1S/C17H18ClFN2O/c1-11(15-5-3-4-6-16(15)19)20-12(2)17(22)21-14-9-7-13(18)8-10-14/h3-12,20H,1-2H3,(H,21,22). The van der Waals surface area contributed by atoms with E-state index < -0.39 is 6.04 Å². The highest BCUT2D eigenvalue weighted by atomic mass is 35.5. The van der Waals surface area contributed by atoms with Gasteiger partial charge in [-0.15, -0.1) is 0 Å². The summed E-state index contributed by atoms with van der Waals surface area (Å²) in [4.78, 5) is 12.1. The maximum Gasteiger partial charge on any atom is 0.241 e. The quantitative estimate of drug-likeness (QED) is 0.868. The summed E-state index contributed by atoms with van der Waals surface area (Å²) in [5.41, 5.74) is 1.20. The molecule has 0 spiro atoms. The first kappa shape index (κ1) is 16.5. The molecule has 0 aliphatic carbocycles. The van der Waals surface area contributed by atoms with Gasteiger partial charge in [0.1, 0.15) is 5.82 Å². The van der Waals surface area contributed by atoms with Crippen molar-refractivity contribution in [3.05, 3.63) is 64.9 Å². The van der Waals surface area contributed by atoms with Crippen molar-refractivity contribution in [2.45, 2.75) is 25.9 Å². The van der Waals surface area contributed by atoms with Gasteiger partial charge in [-0.1, -0.05) is 29.8 Å². The van der Waals surface area contributed by atoms with Crippen molar-refractivity contribution in [1.82, 2.24) is 5.32 Å². The predicted octanol–water partition coefficient (Wildman–Crippen LogP) is 4.16. The van der Waals surface area contributed by atoms with Crippen LogP contribution in [0.3, 0.4) is 0 Å². The number of carbonyl (C=O) groups is 1. The summed E-state index contributed by atoms with van der Waals surface area (Å²) >= 11 is 5.80. The molecule has 0 fully saturated rings. The normalized spacial score (nSPS) is 13.5. The molecule has 116 valence electrons. The van der Waals surface area contributed by atoms with Crippen LogP contribution in [0.2, 0.25) is 5.02 Å². The third-order valence-corrected chi connectivity index (χ3v) is 3.63. The monoisotopic (exact) mass is 320 g/mol. The molecule has 2 rings (SSSR count). The molecule has 0 bridgehead atoms. The Bertz CT molecular complexity index is 645. The summed E-state index contributed by atoms with van der Waals surface area (Å²) in [7, 11) is 0. The zero-order chi connectivity index (χ0) is 16.1. The van der Waals surface area contributed by atoms with E-state index in [1.807, 2.05) is 6.92 Å². The van der Waals surface area contributed by atoms with Crippen LogP contribution in [-0.2, 0) is 4.79 Å². The Labute approximate surface area is 134 Å². The lowest BCUT2D eigenvalue weighted by Crippen LogP contribution is -2.39. The molecule has 22 heavy (non-hydrogen) atoms. The smallest absolute Gasteiger partial charge is 0.241 e. The number of halogens is 2. The van der Waals surface area contributed by atoms with E-state index in [0.717, 1.165) is 0 Å². The lowest BCUT2D eigenvalue weighted by molar-refractivity contribution is -0.117. The number of carbonyl (C=O) groups excluding carboxylic acids is 1. The van der Waals surface area contributed by atoms with Gasteiger partial charge in [-0.25, -0.2) is 4.39 Å². The molecule has 0 radical (unpaired) electrons. The van der Waals surface area contributed by atoms with Gasteiger partial charge in [-0.05, 0) is 44.2 Å². The first-order valence-electron chi connectivity index (χ1n) is 7.04. The molecule has 2 aromatic carbocycles. The van der Waals surface area contributed by atoms with Gasteiger partial charge in [0.2, 0.25) is 5.91 Å². The van der Waals surface area contributed by atoms with Crippen LogP contribution in [0.5, 0.6) is 0 Å². The Kier molecular flexibility index (Phi) is 5.52. The van der Waals surface area contributed by atoms with E-state index in [1.165, 1.54) is 6.07 Å². The van der Waals surface area contributed by atoms with Crippen LogP contribution in [0, 0.1) is 5.82 Å². The summed E-state index contributed by atoms with van der Waals surface area (Å²) in [5, 5.41) is 6.49. The summed E-state index contributed by atoms with van der Waals surface area (Å²) in [6.07, 6.45) is 0. The summed E-state index contributed by atoms with van der Waals surface area (Å²) in [6.45, 7) is 3.56. The largest absolute Gasteiger partial charge is 0.325 e. The first-order chi connectivity index (χ1) is 10.5. The first-order valence-corrected chi connectivity index (χ1v) is 7.42. The van der Waals surface area contributed by atoms with Crippen LogP contribution in [0.1, 0.15) is 25.5 Å². The minimum Gasteiger partial charge on any atom is -0.325 e. The Morgan fingerprint density at radius 1 is 1.09 bits per heavy atom. The zero-order valence-corrected chi connectivity index (χ0v) is 13.2. The molecule has 0 heterocycles. The maximum atomic E-state index is 13.7. The second kappa shape index (κ2) is 7.38. The molecule has 3 nitrogen and oxygen atoms in total. The number of nitrogens with one attached hydrogen (secondary N) is 2. The molecular formula is C17H18ClFN2O. The average Bonchev–Trinajstić information content (AvgIpc) is 2.49. The van der Waals surface area contributed by atoms with Crippen molar-refractivity contribution < 1.29 is 9.18 Å².